The highest BCUT2D eigenvalue weighted by atomic mass is 35.5. The molecule has 2 aliphatic heterocycles. The molecule has 2 aliphatic rings. The van der Waals surface area contributed by atoms with Gasteiger partial charge in [0.05, 0.1) is 0 Å². The van der Waals surface area contributed by atoms with E-state index in [1.54, 1.807) is 0 Å². The molecule has 0 saturated carbocycles. The zero-order chi connectivity index (χ0) is 15.4. The lowest BCUT2D eigenvalue weighted by atomic mass is 10.1. The summed E-state index contributed by atoms with van der Waals surface area (Å²) in [7, 11) is 0. The second-order valence-electron chi connectivity index (χ2n) is 6.89. The first-order valence-corrected chi connectivity index (χ1v) is 8.19. The van der Waals surface area contributed by atoms with Crippen molar-refractivity contribution in [2.24, 2.45) is 0 Å². The Morgan fingerprint density at radius 1 is 1.13 bits per heavy atom. The predicted molar refractivity (Wildman–Crippen MR) is 95.6 cm³/mol. The van der Waals surface area contributed by atoms with Crippen molar-refractivity contribution in [1.82, 2.24) is 15.2 Å². The van der Waals surface area contributed by atoms with Crippen LogP contribution in [0.1, 0.15) is 40.0 Å². The Morgan fingerprint density at radius 2 is 1.78 bits per heavy atom. The van der Waals surface area contributed by atoms with Crippen LogP contribution >= 0.6 is 12.4 Å². The maximum Gasteiger partial charge on any atom is 0.271 e. The molecule has 1 aromatic heterocycles. The van der Waals surface area contributed by atoms with Gasteiger partial charge in [-0.2, -0.15) is 0 Å². The van der Waals surface area contributed by atoms with Gasteiger partial charge in [-0.1, -0.05) is 11.6 Å². The Bertz CT molecular complexity index is 751. The second-order valence-corrected chi connectivity index (χ2v) is 6.89. The molecule has 2 fully saturated rings. The molecule has 124 valence electrons. The van der Waals surface area contributed by atoms with Gasteiger partial charge >= 0.3 is 0 Å². The second kappa shape index (κ2) is 5.84. The van der Waals surface area contributed by atoms with Crippen molar-refractivity contribution in [1.29, 1.82) is 0 Å². The third-order valence-corrected chi connectivity index (χ3v) is 5.34. The quantitative estimate of drug-likeness (QED) is 0.842. The van der Waals surface area contributed by atoms with E-state index in [1.165, 1.54) is 16.5 Å². The molecule has 1 amide bonds. The molecule has 0 aliphatic carbocycles. The molecule has 2 saturated heterocycles. The maximum atomic E-state index is 13.1. The number of piperazine rings is 1. The zero-order valence-corrected chi connectivity index (χ0v) is 14.7. The smallest absolute Gasteiger partial charge is 0.271 e. The van der Waals surface area contributed by atoms with Crippen LogP contribution in [0.25, 0.3) is 10.9 Å². The van der Waals surface area contributed by atoms with Gasteiger partial charge in [0.15, 0.2) is 0 Å². The Morgan fingerprint density at radius 3 is 2.43 bits per heavy atom. The van der Waals surface area contributed by atoms with Crippen LogP contribution in [0, 0.1) is 20.8 Å². The number of nitrogens with zero attached hydrogens (tertiary/aromatic N) is 1. The minimum atomic E-state index is 0. The van der Waals surface area contributed by atoms with E-state index >= 15 is 0 Å². The van der Waals surface area contributed by atoms with Crippen LogP contribution in [-0.4, -0.2) is 41.0 Å². The lowest BCUT2D eigenvalue weighted by Crippen LogP contribution is -2.54. The summed E-state index contributed by atoms with van der Waals surface area (Å²) in [5.74, 6) is 0.180. The van der Waals surface area contributed by atoms with E-state index in [-0.39, 0.29) is 18.3 Å². The van der Waals surface area contributed by atoms with Crippen LogP contribution in [0.5, 0.6) is 0 Å². The summed E-state index contributed by atoms with van der Waals surface area (Å²) in [5, 5.41) is 4.62. The van der Waals surface area contributed by atoms with Crippen LogP contribution in [0.3, 0.4) is 0 Å². The molecule has 23 heavy (non-hydrogen) atoms. The van der Waals surface area contributed by atoms with Crippen LogP contribution < -0.4 is 5.32 Å². The Kier molecular flexibility index (Phi) is 4.15. The van der Waals surface area contributed by atoms with Crippen molar-refractivity contribution < 1.29 is 4.79 Å². The van der Waals surface area contributed by atoms with Crippen molar-refractivity contribution in [3.63, 3.8) is 0 Å². The molecule has 3 heterocycles. The first-order chi connectivity index (χ1) is 10.6. The number of carbonyl (C=O) groups excluding carboxylic acids is 1. The zero-order valence-electron chi connectivity index (χ0n) is 13.9. The first-order valence-electron chi connectivity index (χ1n) is 8.19. The van der Waals surface area contributed by atoms with Gasteiger partial charge in [-0.25, -0.2) is 0 Å². The normalized spacial score (nSPS) is 23.2. The molecular formula is C18H24ClN3O. The number of fused-ring (bicyclic) bond motifs is 3. The van der Waals surface area contributed by atoms with Crippen molar-refractivity contribution in [2.45, 2.75) is 45.7 Å². The summed E-state index contributed by atoms with van der Waals surface area (Å²) in [6.07, 6.45) is 2.25. The van der Waals surface area contributed by atoms with Crippen LogP contribution in [0.15, 0.2) is 12.1 Å². The number of H-pyrrole nitrogens is 1. The van der Waals surface area contributed by atoms with E-state index in [1.807, 2.05) is 0 Å². The summed E-state index contributed by atoms with van der Waals surface area (Å²) in [6.45, 7) is 8.14. The number of nitrogens with one attached hydrogen (secondary N) is 2. The fraction of sp³-hybridized carbons (Fsp3) is 0.500. The average molecular weight is 334 g/mol. The third kappa shape index (κ3) is 2.45. The molecule has 2 N–H and O–H groups in total. The number of hydrogen-bond acceptors (Lipinski definition) is 2. The van der Waals surface area contributed by atoms with E-state index < -0.39 is 0 Å². The number of rotatable bonds is 1. The van der Waals surface area contributed by atoms with E-state index in [0.29, 0.717) is 12.1 Å². The van der Waals surface area contributed by atoms with Gasteiger partial charge in [-0.05, 0) is 50.8 Å². The SMILES string of the molecule is Cc1cc(C)c2[nH]c(C(=O)N3[C@@H]4CC[C@H]3CNC4)c(C)c2c1.Cl. The highest BCUT2D eigenvalue weighted by Gasteiger charge is 2.40. The number of benzene rings is 1. The molecule has 2 bridgehead atoms. The molecule has 2 aromatic rings. The lowest BCUT2D eigenvalue weighted by molar-refractivity contribution is 0.0613. The Labute approximate surface area is 143 Å². The molecular weight excluding hydrogens is 310 g/mol. The predicted octanol–water partition coefficient (Wildman–Crippen LogP) is 3.09. The molecule has 4 rings (SSSR count). The monoisotopic (exact) mass is 333 g/mol. The topological polar surface area (TPSA) is 48.1 Å². The Balaban J connectivity index is 0.00000156. The number of aryl methyl sites for hydroxylation is 3. The van der Waals surface area contributed by atoms with Crippen molar-refractivity contribution in [2.75, 3.05) is 13.1 Å². The summed E-state index contributed by atoms with van der Waals surface area (Å²) in [5.41, 5.74) is 5.43. The van der Waals surface area contributed by atoms with Gasteiger partial charge in [0.1, 0.15) is 5.69 Å². The van der Waals surface area contributed by atoms with Gasteiger partial charge in [0, 0.05) is 36.1 Å². The summed E-state index contributed by atoms with van der Waals surface area (Å²) in [4.78, 5) is 18.6. The fourth-order valence-electron chi connectivity index (χ4n) is 4.24. The van der Waals surface area contributed by atoms with Gasteiger partial charge in [-0.3, -0.25) is 4.79 Å². The summed E-state index contributed by atoms with van der Waals surface area (Å²) < 4.78 is 0. The minimum Gasteiger partial charge on any atom is -0.350 e. The number of aromatic nitrogens is 1. The van der Waals surface area contributed by atoms with Crippen LogP contribution in [0.2, 0.25) is 0 Å². The molecule has 5 heteroatoms. The summed E-state index contributed by atoms with van der Waals surface area (Å²) >= 11 is 0. The molecule has 1 aromatic carbocycles. The lowest BCUT2D eigenvalue weighted by Gasteiger charge is -2.35. The average Bonchev–Trinajstić information content (AvgIpc) is 2.93. The van der Waals surface area contributed by atoms with E-state index in [4.69, 9.17) is 0 Å². The Hall–Kier alpha value is -1.52. The van der Waals surface area contributed by atoms with E-state index in [2.05, 4.69) is 48.1 Å². The molecule has 4 nitrogen and oxygen atoms in total. The number of halogens is 1. The maximum absolute atomic E-state index is 13.1. The van der Waals surface area contributed by atoms with Crippen LogP contribution in [0.4, 0.5) is 0 Å². The van der Waals surface area contributed by atoms with Gasteiger partial charge in [-0.15, -0.1) is 12.4 Å². The fourth-order valence-corrected chi connectivity index (χ4v) is 4.24. The third-order valence-electron chi connectivity index (χ3n) is 5.34. The van der Waals surface area contributed by atoms with E-state index in [0.717, 1.165) is 42.7 Å². The van der Waals surface area contributed by atoms with Gasteiger partial charge in [0.2, 0.25) is 0 Å². The molecule has 0 spiro atoms. The number of amides is 1. The standard InChI is InChI=1S/C18H23N3O.ClH/c1-10-6-11(2)16-15(7-10)12(3)17(20-16)18(22)21-13-4-5-14(21)9-19-8-13;/h6-7,13-14,19-20H,4-5,8-9H2,1-3H3;1H/t13-,14+;. The summed E-state index contributed by atoms with van der Waals surface area (Å²) in [6, 6.07) is 5.07. The molecule has 2 atom stereocenters. The highest BCUT2D eigenvalue weighted by molar-refractivity contribution is 6.02. The highest BCUT2D eigenvalue weighted by Crippen LogP contribution is 2.31. The minimum absolute atomic E-state index is 0. The van der Waals surface area contributed by atoms with E-state index in [9.17, 15) is 4.79 Å². The first kappa shape index (κ1) is 16.3. The molecule has 0 radical (unpaired) electrons. The van der Waals surface area contributed by atoms with Crippen molar-refractivity contribution in [3.05, 3.63) is 34.5 Å². The van der Waals surface area contributed by atoms with Crippen LogP contribution in [-0.2, 0) is 0 Å². The number of aromatic amines is 1. The van der Waals surface area contributed by atoms with Gasteiger partial charge in [0.25, 0.3) is 5.91 Å². The van der Waals surface area contributed by atoms with Gasteiger partial charge < -0.3 is 15.2 Å². The largest absolute Gasteiger partial charge is 0.350 e. The number of carbonyl (C=O) groups is 1. The van der Waals surface area contributed by atoms with Crippen molar-refractivity contribution in [3.8, 4) is 0 Å². The molecule has 0 unspecified atom stereocenters. The number of hydrogen-bond donors (Lipinski definition) is 2. The van der Waals surface area contributed by atoms with Crippen molar-refractivity contribution >= 4 is 29.2 Å².